The molecule has 0 atom stereocenters. The Morgan fingerprint density at radius 2 is 2.38 bits per heavy atom. The average Bonchev–Trinajstić information content (AvgIpc) is 2.15. The molecule has 0 radical (unpaired) electrons. The molecule has 0 aliphatic carbocycles. The highest BCUT2D eigenvalue weighted by atomic mass is 19.1. The lowest BCUT2D eigenvalue weighted by Crippen LogP contribution is -2.01. The Balaban J connectivity index is 3.15. The summed E-state index contributed by atoms with van der Waals surface area (Å²) in [5.41, 5.74) is 1.69. The van der Waals surface area contributed by atoms with Crippen LogP contribution in [0.5, 0.6) is 0 Å². The van der Waals surface area contributed by atoms with E-state index in [0.29, 0.717) is 0 Å². The van der Waals surface area contributed by atoms with E-state index in [1.165, 1.54) is 18.2 Å². The van der Waals surface area contributed by atoms with Gasteiger partial charge in [0.25, 0.3) is 0 Å². The summed E-state index contributed by atoms with van der Waals surface area (Å²) in [6.07, 6.45) is 0.954. The van der Waals surface area contributed by atoms with Gasteiger partial charge in [0.05, 0.1) is 5.69 Å². The van der Waals surface area contributed by atoms with Crippen molar-refractivity contribution in [1.29, 1.82) is 5.26 Å². The highest BCUT2D eigenvalue weighted by Crippen LogP contribution is 2.19. The van der Waals surface area contributed by atoms with Crippen molar-refractivity contribution in [2.75, 3.05) is 0 Å². The van der Waals surface area contributed by atoms with E-state index < -0.39 is 5.82 Å². The first-order valence-corrected chi connectivity index (χ1v) is 3.40. The molecule has 13 heavy (non-hydrogen) atoms. The molecule has 2 N–H and O–H groups in total. The quantitative estimate of drug-likeness (QED) is 0.409. The van der Waals surface area contributed by atoms with Crippen molar-refractivity contribution in [3.8, 4) is 6.07 Å². The number of hydroxylamine groups is 1. The summed E-state index contributed by atoms with van der Waals surface area (Å²) < 4.78 is 12.9. The van der Waals surface area contributed by atoms with Crippen LogP contribution in [0.4, 0.5) is 10.1 Å². The molecule has 0 bridgehead atoms. The fraction of sp³-hybridized carbons (Fsp3) is 0. The number of nitrogens with one attached hydrogen (secondary N) is 1. The number of hydrogen-bond donors (Lipinski definition) is 2. The van der Waals surface area contributed by atoms with Crippen LogP contribution >= 0.6 is 0 Å². The molecule has 0 heterocycles. The van der Waals surface area contributed by atoms with Crippen LogP contribution in [0.25, 0.3) is 0 Å². The van der Waals surface area contributed by atoms with E-state index in [9.17, 15) is 4.39 Å². The monoisotopic (exact) mass is 179 g/mol. The van der Waals surface area contributed by atoms with Gasteiger partial charge in [0.1, 0.15) is 23.8 Å². The maximum absolute atomic E-state index is 12.9. The van der Waals surface area contributed by atoms with Crippen LogP contribution in [0.2, 0.25) is 0 Å². The number of hydrogen-bond acceptors (Lipinski definition) is 3. The third-order valence-electron chi connectivity index (χ3n) is 1.36. The molecular formula is C8H6FN3O. The first-order valence-electron chi connectivity index (χ1n) is 3.40. The molecule has 0 spiro atoms. The van der Waals surface area contributed by atoms with Crippen molar-refractivity contribution in [1.82, 2.24) is 5.48 Å². The van der Waals surface area contributed by atoms with Gasteiger partial charge in [0, 0.05) is 0 Å². The minimum atomic E-state index is -0.630. The lowest BCUT2D eigenvalue weighted by atomic mass is 10.2. The van der Waals surface area contributed by atoms with E-state index in [4.69, 9.17) is 10.5 Å². The highest BCUT2D eigenvalue weighted by Gasteiger charge is 2.05. The van der Waals surface area contributed by atoms with E-state index in [2.05, 4.69) is 4.99 Å². The predicted octanol–water partition coefficient (Wildman–Crippen LogP) is 1.34. The second-order valence-corrected chi connectivity index (χ2v) is 2.13. The average molecular weight is 179 g/mol. The second kappa shape index (κ2) is 4.18. The van der Waals surface area contributed by atoms with Crippen LogP contribution in [-0.2, 0) is 0 Å². The zero-order valence-corrected chi connectivity index (χ0v) is 6.53. The Bertz CT molecular complexity index is 370. The fourth-order valence-corrected chi connectivity index (χ4v) is 0.829. The topological polar surface area (TPSA) is 68.4 Å². The molecule has 0 amide bonds. The van der Waals surface area contributed by atoms with Gasteiger partial charge in [-0.05, 0) is 12.1 Å². The fourth-order valence-electron chi connectivity index (χ4n) is 0.829. The maximum atomic E-state index is 12.9. The Morgan fingerprint density at radius 3 is 3.00 bits per heavy atom. The van der Waals surface area contributed by atoms with Gasteiger partial charge < -0.3 is 0 Å². The molecule has 0 aromatic heterocycles. The first-order chi connectivity index (χ1) is 6.29. The zero-order chi connectivity index (χ0) is 9.68. The van der Waals surface area contributed by atoms with Crippen LogP contribution in [0, 0.1) is 17.1 Å². The molecule has 1 aromatic rings. The Hall–Kier alpha value is -1.93. The molecule has 0 fully saturated rings. The van der Waals surface area contributed by atoms with Crippen molar-refractivity contribution in [3.05, 3.63) is 29.6 Å². The molecule has 1 rings (SSSR count). The third-order valence-corrected chi connectivity index (χ3v) is 1.36. The molecule has 0 saturated carbocycles. The standard InChI is InChI=1S/C8H6FN3O/c9-7-2-1-3-8(6(7)4-10)11-5-12-13/h1-3,5,13H,(H,11,12). The molecule has 0 aliphatic heterocycles. The summed E-state index contributed by atoms with van der Waals surface area (Å²) in [4.78, 5) is 3.61. The van der Waals surface area contributed by atoms with Crippen LogP contribution in [0.15, 0.2) is 23.2 Å². The summed E-state index contributed by atoms with van der Waals surface area (Å²) in [5.74, 6) is -0.630. The van der Waals surface area contributed by atoms with Gasteiger partial charge in [-0.1, -0.05) is 6.07 Å². The molecule has 5 heteroatoms. The molecule has 0 unspecified atom stereocenters. The summed E-state index contributed by atoms with van der Waals surface area (Å²) >= 11 is 0. The summed E-state index contributed by atoms with van der Waals surface area (Å²) in [7, 11) is 0. The predicted molar refractivity (Wildman–Crippen MR) is 44.2 cm³/mol. The highest BCUT2D eigenvalue weighted by molar-refractivity contribution is 5.64. The van der Waals surface area contributed by atoms with E-state index in [-0.39, 0.29) is 11.3 Å². The number of benzene rings is 1. The Morgan fingerprint density at radius 1 is 1.62 bits per heavy atom. The van der Waals surface area contributed by atoms with E-state index >= 15 is 0 Å². The van der Waals surface area contributed by atoms with E-state index in [1.807, 2.05) is 0 Å². The number of nitrogens with zero attached hydrogens (tertiary/aromatic N) is 2. The summed E-state index contributed by atoms with van der Waals surface area (Å²) in [5, 5.41) is 16.7. The molecular weight excluding hydrogens is 173 g/mol. The number of nitriles is 1. The normalized spacial score (nSPS) is 9.92. The maximum Gasteiger partial charge on any atom is 0.143 e. The molecule has 4 nitrogen and oxygen atoms in total. The largest absolute Gasteiger partial charge is 0.290 e. The minimum Gasteiger partial charge on any atom is -0.290 e. The number of aliphatic imine (C=N–C) groups is 1. The van der Waals surface area contributed by atoms with Gasteiger partial charge in [0.15, 0.2) is 0 Å². The van der Waals surface area contributed by atoms with Crippen molar-refractivity contribution < 1.29 is 9.60 Å². The SMILES string of the molecule is N#Cc1c(F)cccc1N=CNO. The van der Waals surface area contributed by atoms with Crippen LogP contribution in [0.3, 0.4) is 0 Å². The second-order valence-electron chi connectivity index (χ2n) is 2.13. The van der Waals surface area contributed by atoms with Crippen molar-refractivity contribution in [2.45, 2.75) is 0 Å². The van der Waals surface area contributed by atoms with Crippen molar-refractivity contribution in [2.24, 2.45) is 4.99 Å². The van der Waals surface area contributed by atoms with Gasteiger partial charge in [-0.3, -0.25) is 10.7 Å². The Labute approximate surface area is 73.9 Å². The van der Waals surface area contributed by atoms with Crippen LogP contribution in [0.1, 0.15) is 5.56 Å². The zero-order valence-electron chi connectivity index (χ0n) is 6.53. The van der Waals surface area contributed by atoms with Gasteiger partial charge >= 0.3 is 0 Å². The lowest BCUT2D eigenvalue weighted by molar-refractivity contribution is 0.240. The van der Waals surface area contributed by atoms with Crippen LogP contribution in [-0.4, -0.2) is 11.5 Å². The minimum absolute atomic E-state index is 0.144. The van der Waals surface area contributed by atoms with Crippen molar-refractivity contribution >= 4 is 12.0 Å². The molecule has 1 aromatic carbocycles. The first kappa shape index (κ1) is 9.16. The van der Waals surface area contributed by atoms with Crippen LogP contribution < -0.4 is 5.48 Å². The van der Waals surface area contributed by atoms with E-state index in [0.717, 1.165) is 6.34 Å². The van der Waals surface area contributed by atoms with Gasteiger partial charge in [-0.2, -0.15) is 5.26 Å². The summed E-state index contributed by atoms with van der Waals surface area (Å²) in [6, 6.07) is 5.74. The smallest absolute Gasteiger partial charge is 0.143 e. The van der Waals surface area contributed by atoms with Crippen molar-refractivity contribution in [3.63, 3.8) is 0 Å². The molecule has 0 saturated heterocycles. The summed E-state index contributed by atoms with van der Waals surface area (Å²) in [6.45, 7) is 0. The van der Waals surface area contributed by atoms with E-state index in [1.54, 1.807) is 11.5 Å². The van der Waals surface area contributed by atoms with Gasteiger partial charge in [-0.15, -0.1) is 0 Å². The van der Waals surface area contributed by atoms with Gasteiger partial charge in [0.2, 0.25) is 0 Å². The molecule has 66 valence electrons. The van der Waals surface area contributed by atoms with Gasteiger partial charge in [-0.25, -0.2) is 9.38 Å². The number of halogens is 1. The lowest BCUT2D eigenvalue weighted by Gasteiger charge is -1.97. The Kier molecular flexibility index (Phi) is 2.95. The third kappa shape index (κ3) is 2.01. The number of rotatable bonds is 2. The molecule has 0 aliphatic rings.